The third-order valence-electron chi connectivity index (χ3n) is 2.17. The minimum absolute atomic E-state index is 0.0724. The van der Waals surface area contributed by atoms with Crippen LogP contribution < -0.4 is 0 Å². The van der Waals surface area contributed by atoms with E-state index in [0.29, 0.717) is 6.61 Å². The van der Waals surface area contributed by atoms with Crippen LogP contribution in [0, 0.1) is 5.82 Å². The van der Waals surface area contributed by atoms with Crippen LogP contribution in [0.2, 0.25) is 5.15 Å². The van der Waals surface area contributed by atoms with E-state index in [9.17, 15) is 4.39 Å². The zero-order chi connectivity index (χ0) is 12.1. The van der Waals surface area contributed by atoms with Gasteiger partial charge in [0.25, 0.3) is 0 Å². The highest BCUT2D eigenvalue weighted by molar-refractivity contribution is 6.29. The molecule has 0 N–H and O–H groups in total. The summed E-state index contributed by atoms with van der Waals surface area (Å²) < 4.78 is 18.7. The Morgan fingerprint density at radius 3 is 2.65 bits per heavy atom. The van der Waals surface area contributed by atoms with Crippen molar-refractivity contribution in [3.63, 3.8) is 0 Å². The van der Waals surface area contributed by atoms with Crippen molar-refractivity contribution in [3.05, 3.63) is 58.9 Å². The van der Waals surface area contributed by atoms with Crippen LogP contribution in [0.3, 0.4) is 0 Å². The molecule has 1 aromatic carbocycles. The summed E-state index contributed by atoms with van der Waals surface area (Å²) in [5.74, 6) is -0.623. The molecular formula is C12H10ClFN2O. The summed E-state index contributed by atoms with van der Waals surface area (Å²) in [6, 6.07) is 9.63. The second-order valence-corrected chi connectivity index (χ2v) is 3.76. The van der Waals surface area contributed by atoms with Gasteiger partial charge in [0.15, 0.2) is 11.0 Å². The molecule has 0 spiro atoms. The predicted octanol–water partition coefficient (Wildman–Crippen LogP) is 2.99. The average molecular weight is 253 g/mol. The molecule has 0 unspecified atom stereocenters. The van der Waals surface area contributed by atoms with Gasteiger partial charge in [0.2, 0.25) is 0 Å². The molecule has 17 heavy (non-hydrogen) atoms. The first kappa shape index (κ1) is 12.0. The number of hydrogen-bond acceptors (Lipinski definition) is 3. The highest BCUT2D eigenvalue weighted by Crippen LogP contribution is 2.14. The molecule has 0 aliphatic rings. The second kappa shape index (κ2) is 5.70. The van der Waals surface area contributed by atoms with Crippen molar-refractivity contribution in [1.29, 1.82) is 0 Å². The Balaban J connectivity index is 1.93. The maximum Gasteiger partial charge on any atom is 0.184 e. The van der Waals surface area contributed by atoms with Gasteiger partial charge in [-0.25, -0.2) is 14.4 Å². The van der Waals surface area contributed by atoms with Crippen LogP contribution in [-0.2, 0) is 18.0 Å². The Morgan fingerprint density at radius 2 is 1.88 bits per heavy atom. The van der Waals surface area contributed by atoms with Crippen molar-refractivity contribution in [1.82, 2.24) is 9.97 Å². The molecule has 1 heterocycles. The van der Waals surface area contributed by atoms with Crippen molar-refractivity contribution in [2.24, 2.45) is 0 Å². The van der Waals surface area contributed by atoms with Gasteiger partial charge < -0.3 is 4.74 Å². The quantitative estimate of drug-likeness (QED) is 0.785. The summed E-state index contributed by atoms with van der Waals surface area (Å²) in [5.41, 5.74) is 1.19. The maximum atomic E-state index is 13.4. The highest BCUT2D eigenvalue weighted by Gasteiger charge is 2.08. The van der Waals surface area contributed by atoms with Gasteiger partial charge in [-0.15, -0.1) is 0 Å². The van der Waals surface area contributed by atoms with Crippen LogP contribution >= 0.6 is 11.6 Å². The van der Waals surface area contributed by atoms with E-state index in [4.69, 9.17) is 16.3 Å². The second-order valence-electron chi connectivity index (χ2n) is 3.40. The predicted molar refractivity (Wildman–Crippen MR) is 61.9 cm³/mol. The first-order valence-corrected chi connectivity index (χ1v) is 5.41. The lowest BCUT2D eigenvalue weighted by Crippen LogP contribution is -2.01. The van der Waals surface area contributed by atoms with Gasteiger partial charge in [-0.05, 0) is 5.56 Å². The topological polar surface area (TPSA) is 35.0 Å². The molecule has 5 heteroatoms. The fraction of sp³-hybridized carbons (Fsp3) is 0.167. The van der Waals surface area contributed by atoms with E-state index in [0.717, 1.165) is 5.56 Å². The van der Waals surface area contributed by atoms with Crippen molar-refractivity contribution >= 4 is 11.6 Å². The van der Waals surface area contributed by atoms with E-state index in [1.54, 1.807) is 0 Å². The minimum Gasteiger partial charge on any atom is -0.370 e. The molecule has 0 fully saturated rings. The number of halogens is 2. The van der Waals surface area contributed by atoms with E-state index in [1.807, 2.05) is 30.3 Å². The molecule has 0 atom stereocenters. The van der Waals surface area contributed by atoms with Gasteiger partial charge in [0, 0.05) is 0 Å². The molecule has 0 bridgehead atoms. The number of hydrogen-bond donors (Lipinski definition) is 0. The molecule has 0 saturated carbocycles. The maximum absolute atomic E-state index is 13.4. The van der Waals surface area contributed by atoms with Crippen LogP contribution in [0.1, 0.15) is 11.3 Å². The van der Waals surface area contributed by atoms with Crippen molar-refractivity contribution < 1.29 is 9.13 Å². The third-order valence-corrected chi connectivity index (χ3v) is 2.43. The lowest BCUT2D eigenvalue weighted by molar-refractivity contribution is 0.102. The van der Waals surface area contributed by atoms with Gasteiger partial charge in [-0.3, -0.25) is 0 Å². The fourth-order valence-electron chi connectivity index (χ4n) is 1.32. The van der Waals surface area contributed by atoms with E-state index in [2.05, 4.69) is 9.97 Å². The van der Waals surface area contributed by atoms with Crippen LogP contribution in [-0.4, -0.2) is 9.97 Å². The Bertz CT molecular complexity index is 493. The SMILES string of the molecule is Fc1c(Cl)ncnc1COCc1ccccc1. The van der Waals surface area contributed by atoms with Crippen LogP contribution in [0.5, 0.6) is 0 Å². The highest BCUT2D eigenvalue weighted by atomic mass is 35.5. The summed E-state index contributed by atoms with van der Waals surface area (Å²) in [6.45, 7) is 0.477. The van der Waals surface area contributed by atoms with Crippen molar-refractivity contribution in [3.8, 4) is 0 Å². The summed E-state index contributed by atoms with van der Waals surface area (Å²) in [7, 11) is 0. The molecule has 0 aliphatic heterocycles. The number of aromatic nitrogens is 2. The lowest BCUT2D eigenvalue weighted by Gasteiger charge is -2.05. The molecule has 0 amide bonds. The zero-order valence-corrected chi connectivity index (χ0v) is 9.69. The van der Waals surface area contributed by atoms with Gasteiger partial charge in [0.05, 0.1) is 13.2 Å². The average Bonchev–Trinajstić information content (AvgIpc) is 2.36. The van der Waals surface area contributed by atoms with E-state index >= 15 is 0 Å². The van der Waals surface area contributed by atoms with Gasteiger partial charge in [-0.2, -0.15) is 0 Å². The summed E-state index contributed by atoms with van der Waals surface area (Å²) in [6.07, 6.45) is 1.21. The number of rotatable bonds is 4. The molecule has 1 aromatic heterocycles. The monoisotopic (exact) mass is 252 g/mol. The van der Waals surface area contributed by atoms with Crippen molar-refractivity contribution in [2.45, 2.75) is 13.2 Å². The Labute approximate surface area is 103 Å². The number of nitrogens with zero attached hydrogens (tertiary/aromatic N) is 2. The fourth-order valence-corrected chi connectivity index (χ4v) is 1.47. The largest absolute Gasteiger partial charge is 0.370 e. The van der Waals surface area contributed by atoms with Crippen LogP contribution in [0.15, 0.2) is 36.7 Å². The third kappa shape index (κ3) is 3.22. The summed E-state index contributed by atoms with van der Waals surface area (Å²) >= 11 is 5.53. The van der Waals surface area contributed by atoms with Crippen LogP contribution in [0.4, 0.5) is 4.39 Å². The Morgan fingerprint density at radius 1 is 1.12 bits per heavy atom. The minimum atomic E-state index is -0.623. The normalized spacial score (nSPS) is 10.5. The van der Waals surface area contributed by atoms with Crippen LogP contribution in [0.25, 0.3) is 0 Å². The van der Waals surface area contributed by atoms with Gasteiger partial charge >= 0.3 is 0 Å². The molecule has 0 saturated heterocycles. The molecule has 2 rings (SSSR count). The zero-order valence-electron chi connectivity index (χ0n) is 8.94. The lowest BCUT2D eigenvalue weighted by atomic mass is 10.2. The van der Waals surface area contributed by atoms with Crippen molar-refractivity contribution in [2.75, 3.05) is 0 Å². The van der Waals surface area contributed by atoms with E-state index in [-0.39, 0.29) is 17.5 Å². The smallest absolute Gasteiger partial charge is 0.184 e. The van der Waals surface area contributed by atoms with E-state index in [1.165, 1.54) is 6.33 Å². The Hall–Kier alpha value is -1.52. The van der Waals surface area contributed by atoms with Gasteiger partial charge in [0.1, 0.15) is 12.0 Å². The molecule has 0 radical (unpaired) electrons. The first-order chi connectivity index (χ1) is 8.27. The first-order valence-electron chi connectivity index (χ1n) is 5.04. The standard InChI is InChI=1S/C12H10ClFN2O/c13-12-11(14)10(15-8-16-12)7-17-6-9-4-2-1-3-5-9/h1-5,8H,6-7H2. The molecule has 3 nitrogen and oxygen atoms in total. The number of benzene rings is 1. The summed E-state index contributed by atoms with van der Waals surface area (Å²) in [5, 5.41) is -0.182. The van der Waals surface area contributed by atoms with Gasteiger partial charge in [-0.1, -0.05) is 41.9 Å². The molecule has 2 aromatic rings. The molecular weight excluding hydrogens is 243 g/mol. The molecule has 0 aliphatic carbocycles. The summed E-state index contributed by atoms with van der Waals surface area (Å²) in [4.78, 5) is 7.30. The Kier molecular flexibility index (Phi) is 4.01. The number of ether oxygens (including phenoxy) is 1. The van der Waals surface area contributed by atoms with E-state index < -0.39 is 5.82 Å². The molecule has 88 valence electrons.